The van der Waals surface area contributed by atoms with E-state index < -0.39 is 4.92 Å². The number of hydrogen-bond acceptors (Lipinski definition) is 5. The molecule has 0 atom stereocenters. The van der Waals surface area contributed by atoms with Crippen molar-refractivity contribution in [3.05, 3.63) is 93.3 Å². The fourth-order valence-electron chi connectivity index (χ4n) is 4.35. The maximum absolute atomic E-state index is 13.4. The van der Waals surface area contributed by atoms with Crippen LogP contribution in [0, 0.1) is 10.1 Å². The van der Waals surface area contributed by atoms with Crippen molar-refractivity contribution >= 4 is 22.1 Å². The van der Waals surface area contributed by atoms with E-state index in [-0.39, 0.29) is 16.9 Å². The molecule has 0 spiro atoms. The Labute approximate surface area is 184 Å². The molecule has 0 N–H and O–H groups in total. The van der Waals surface area contributed by atoms with E-state index in [1.165, 1.54) is 17.2 Å². The van der Waals surface area contributed by atoms with Crippen LogP contribution in [0.3, 0.4) is 0 Å². The molecule has 1 aliphatic rings. The molecule has 0 unspecified atom stereocenters. The molecule has 1 aliphatic heterocycles. The fourth-order valence-corrected chi connectivity index (χ4v) is 4.35. The number of hydrogen-bond donors (Lipinski definition) is 0. The summed E-state index contributed by atoms with van der Waals surface area (Å²) in [6.07, 6.45) is 3.35. The van der Waals surface area contributed by atoms with Crippen LogP contribution in [0.15, 0.2) is 77.6 Å². The first-order valence-electron chi connectivity index (χ1n) is 10.7. The number of piperidine rings is 1. The van der Waals surface area contributed by atoms with Crippen molar-refractivity contribution in [2.75, 3.05) is 18.0 Å². The molecule has 0 saturated carbocycles. The molecule has 0 bridgehead atoms. The summed E-state index contributed by atoms with van der Waals surface area (Å²) in [7, 11) is 0. The van der Waals surface area contributed by atoms with E-state index in [4.69, 9.17) is 0 Å². The van der Waals surface area contributed by atoms with E-state index in [9.17, 15) is 14.9 Å². The molecule has 5 rings (SSSR count). The second-order valence-corrected chi connectivity index (χ2v) is 7.96. The van der Waals surface area contributed by atoms with Crippen molar-refractivity contribution in [2.45, 2.75) is 19.3 Å². The maximum Gasteiger partial charge on any atom is 0.295 e. The third kappa shape index (κ3) is 3.51. The Morgan fingerprint density at radius 2 is 1.53 bits per heavy atom. The topological polar surface area (TPSA) is 81.3 Å². The Balaban J connectivity index is 1.78. The number of rotatable bonds is 4. The van der Waals surface area contributed by atoms with Crippen LogP contribution in [-0.4, -0.2) is 27.8 Å². The van der Waals surface area contributed by atoms with Crippen LogP contribution in [0.1, 0.15) is 19.3 Å². The Hall–Kier alpha value is -4.00. The highest BCUT2D eigenvalue weighted by Crippen LogP contribution is 2.31. The first-order valence-corrected chi connectivity index (χ1v) is 10.7. The van der Waals surface area contributed by atoms with Crippen LogP contribution in [0.25, 0.3) is 27.7 Å². The number of benzene rings is 3. The lowest BCUT2D eigenvalue weighted by atomic mass is 10.0. The number of nitrogens with zero attached hydrogens (tertiary/aromatic N) is 4. The van der Waals surface area contributed by atoms with Gasteiger partial charge < -0.3 is 4.90 Å². The quantitative estimate of drug-likeness (QED) is 0.341. The van der Waals surface area contributed by atoms with Crippen LogP contribution in [-0.2, 0) is 0 Å². The molecule has 7 heteroatoms. The first kappa shape index (κ1) is 19.9. The number of fused-ring (bicyclic) bond motifs is 1. The molecule has 32 heavy (non-hydrogen) atoms. The minimum atomic E-state index is -0.458. The summed E-state index contributed by atoms with van der Waals surface area (Å²) in [5.41, 5.74) is 1.99. The Morgan fingerprint density at radius 1 is 0.844 bits per heavy atom. The molecule has 160 valence electrons. The van der Waals surface area contributed by atoms with Gasteiger partial charge in [0.15, 0.2) is 0 Å². The molecular weight excluding hydrogens is 404 g/mol. The molecule has 4 aromatic rings. The molecule has 7 nitrogen and oxygen atoms in total. The molecule has 0 radical (unpaired) electrons. The number of nitro benzene ring substituents is 1. The van der Waals surface area contributed by atoms with E-state index in [1.54, 1.807) is 24.3 Å². The molecule has 1 saturated heterocycles. The standard InChI is InChI=1S/C25H22N4O3/c30-25-21-12-6-5-11-20(21)24(18-9-3-1-4-10-18)26-28(25)23-17-19(13-14-22(23)29(31)32)27-15-7-2-8-16-27/h1,3-6,9-14,17H,2,7-8,15-16H2. The average molecular weight is 426 g/mol. The van der Waals surface area contributed by atoms with Gasteiger partial charge in [-0.3, -0.25) is 14.9 Å². The largest absolute Gasteiger partial charge is 0.371 e. The zero-order valence-corrected chi connectivity index (χ0v) is 17.5. The van der Waals surface area contributed by atoms with Gasteiger partial charge in [-0.1, -0.05) is 48.5 Å². The van der Waals surface area contributed by atoms with Crippen LogP contribution < -0.4 is 10.5 Å². The zero-order chi connectivity index (χ0) is 22.1. The summed E-state index contributed by atoms with van der Waals surface area (Å²) in [5, 5.41) is 17.7. The van der Waals surface area contributed by atoms with Gasteiger partial charge in [0.25, 0.3) is 11.2 Å². The minimum absolute atomic E-state index is 0.144. The Kier molecular flexibility index (Phi) is 5.15. The summed E-state index contributed by atoms with van der Waals surface area (Å²) in [6.45, 7) is 1.79. The smallest absolute Gasteiger partial charge is 0.295 e. The van der Waals surface area contributed by atoms with Gasteiger partial charge in [0.1, 0.15) is 5.69 Å². The van der Waals surface area contributed by atoms with Crippen molar-refractivity contribution in [1.29, 1.82) is 0 Å². The van der Waals surface area contributed by atoms with Crippen molar-refractivity contribution in [3.63, 3.8) is 0 Å². The zero-order valence-electron chi connectivity index (χ0n) is 17.5. The highest BCUT2D eigenvalue weighted by atomic mass is 16.6. The molecule has 1 aromatic heterocycles. The van der Waals surface area contributed by atoms with Crippen LogP contribution >= 0.6 is 0 Å². The van der Waals surface area contributed by atoms with Gasteiger partial charge in [0.05, 0.1) is 16.0 Å². The summed E-state index contributed by atoms with van der Waals surface area (Å²) in [4.78, 5) is 27.1. The Morgan fingerprint density at radius 3 is 2.25 bits per heavy atom. The van der Waals surface area contributed by atoms with Gasteiger partial charge in [0, 0.05) is 35.8 Å². The fraction of sp³-hybridized carbons (Fsp3) is 0.200. The van der Waals surface area contributed by atoms with E-state index in [2.05, 4.69) is 10.00 Å². The van der Waals surface area contributed by atoms with Crippen LogP contribution in [0.4, 0.5) is 11.4 Å². The van der Waals surface area contributed by atoms with Gasteiger partial charge >= 0.3 is 0 Å². The highest BCUT2D eigenvalue weighted by molar-refractivity contribution is 5.94. The van der Waals surface area contributed by atoms with Crippen molar-refractivity contribution < 1.29 is 4.92 Å². The second kappa shape index (κ2) is 8.26. The Bertz CT molecular complexity index is 1360. The molecule has 0 amide bonds. The molecule has 2 heterocycles. The first-order chi connectivity index (χ1) is 15.6. The monoisotopic (exact) mass is 426 g/mol. The lowest BCUT2D eigenvalue weighted by molar-refractivity contribution is -0.384. The van der Waals surface area contributed by atoms with E-state index in [1.807, 2.05) is 42.5 Å². The summed E-state index contributed by atoms with van der Waals surface area (Å²) in [6, 6.07) is 21.8. The number of anilines is 1. The average Bonchev–Trinajstić information content (AvgIpc) is 2.85. The lowest BCUT2D eigenvalue weighted by Crippen LogP contribution is -2.30. The third-order valence-corrected chi connectivity index (χ3v) is 5.96. The minimum Gasteiger partial charge on any atom is -0.371 e. The molecular formula is C25H22N4O3. The molecule has 0 aliphatic carbocycles. The van der Waals surface area contributed by atoms with E-state index in [0.29, 0.717) is 11.1 Å². The van der Waals surface area contributed by atoms with Crippen molar-refractivity contribution in [2.24, 2.45) is 0 Å². The van der Waals surface area contributed by atoms with Gasteiger partial charge in [0.2, 0.25) is 0 Å². The van der Waals surface area contributed by atoms with Gasteiger partial charge in [-0.2, -0.15) is 9.78 Å². The van der Waals surface area contributed by atoms with Gasteiger partial charge in [-0.25, -0.2) is 0 Å². The molecule has 3 aromatic carbocycles. The SMILES string of the molecule is O=c1c2ccccc2c(-c2ccccc2)nn1-c1cc(N2CCCCC2)ccc1[N+](=O)[O-]. The van der Waals surface area contributed by atoms with Crippen LogP contribution in [0.5, 0.6) is 0 Å². The lowest BCUT2D eigenvalue weighted by Gasteiger charge is -2.29. The highest BCUT2D eigenvalue weighted by Gasteiger charge is 2.23. The summed E-state index contributed by atoms with van der Waals surface area (Å²) < 4.78 is 1.19. The molecule has 1 fully saturated rings. The van der Waals surface area contributed by atoms with Gasteiger partial charge in [-0.15, -0.1) is 0 Å². The summed E-state index contributed by atoms with van der Waals surface area (Å²) >= 11 is 0. The maximum atomic E-state index is 13.4. The third-order valence-electron chi connectivity index (χ3n) is 5.96. The van der Waals surface area contributed by atoms with E-state index in [0.717, 1.165) is 42.6 Å². The van der Waals surface area contributed by atoms with Crippen molar-refractivity contribution in [1.82, 2.24) is 9.78 Å². The van der Waals surface area contributed by atoms with Crippen molar-refractivity contribution in [3.8, 4) is 16.9 Å². The number of nitro groups is 1. The normalized spacial score (nSPS) is 13.9. The van der Waals surface area contributed by atoms with E-state index >= 15 is 0 Å². The summed E-state index contributed by atoms with van der Waals surface area (Å²) in [5.74, 6) is 0. The van der Waals surface area contributed by atoms with Gasteiger partial charge in [-0.05, 0) is 37.5 Å². The number of aromatic nitrogens is 2. The van der Waals surface area contributed by atoms with Crippen LogP contribution in [0.2, 0.25) is 0 Å². The predicted molar refractivity (Wildman–Crippen MR) is 125 cm³/mol. The predicted octanol–water partition coefficient (Wildman–Crippen LogP) is 4.95. The second-order valence-electron chi connectivity index (χ2n) is 7.96.